The highest BCUT2D eigenvalue weighted by atomic mass is 16.5. The number of carbonyl (C=O) groups is 1. The van der Waals surface area contributed by atoms with E-state index in [1.165, 1.54) is 7.11 Å². The minimum absolute atomic E-state index is 0.0241. The number of methoxy groups -OCH3 is 1. The van der Waals surface area contributed by atoms with Crippen LogP contribution in [0.2, 0.25) is 0 Å². The molecule has 1 aromatic rings. The third-order valence-electron chi connectivity index (χ3n) is 2.00. The van der Waals surface area contributed by atoms with Gasteiger partial charge in [-0.1, -0.05) is 0 Å². The van der Waals surface area contributed by atoms with Crippen molar-refractivity contribution < 1.29 is 14.6 Å². The van der Waals surface area contributed by atoms with Gasteiger partial charge < -0.3 is 14.7 Å². The Morgan fingerprint density at radius 1 is 1.67 bits per heavy atom. The molecule has 0 aliphatic heterocycles. The maximum atomic E-state index is 10.6. The molecule has 5 nitrogen and oxygen atoms in total. The molecule has 0 saturated heterocycles. The van der Waals surface area contributed by atoms with Gasteiger partial charge in [0.05, 0.1) is 7.11 Å². The van der Waals surface area contributed by atoms with Gasteiger partial charge in [0.25, 0.3) is 0 Å². The number of carboxylic acid groups (broad SMARTS) is 1. The van der Waals surface area contributed by atoms with Crippen LogP contribution in [0, 0.1) is 0 Å². The van der Waals surface area contributed by atoms with Crippen molar-refractivity contribution in [3.8, 4) is 5.88 Å². The second-order valence-corrected chi connectivity index (χ2v) is 2.96. The van der Waals surface area contributed by atoms with Gasteiger partial charge in [-0.25, -0.2) is 4.98 Å². The second kappa shape index (κ2) is 5.19. The van der Waals surface area contributed by atoms with E-state index < -0.39 is 5.97 Å². The fourth-order valence-electron chi connectivity index (χ4n) is 1.26. The number of hydrogen-bond donors (Lipinski definition) is 1. The fraction of sp³-hybridized carbons (Fsp3) is 0.400. The van der Waals surface area contributed by atoms with Crippen LogP contribution in [0.3, 0.4) is 0 Å². The number of ether oxygens (including phenoxy) is 1. The molecule has 1 rings (SSSR count). The molecule has 0 bridgehead atoms. The van der Waals surface area contributed by atoms with Gasteiger partial charge >= 0.3 is 5.97 Å². The first-order valence-corrected chi connectivity index (χ1v) is 4.64. The van der Waals surface area contributed by atoms with Crippen molar-refractivity contribution in [3.05, 3.63) is 18.3 Å². The van der Waals surface area contributed by atoms with Crippen molar-refractivity contribution in [2.75, 3.05) is 25.1 Å². The van der Waals surface area contributed by atoms with E-state index in [4.69, 9.17) is 9.84 Å². The Hall–Kier alpha value is -1.78. The van der Waals surface area contributed by atoms with E-state index in [9.17, 15) is 4.79 Å². The lowest BCUT2D eigenvalue weighted by Gasteiger charge is -2.20. The number of hydrogen-bond acceptors (Lipinski definition) is 4. The van der Waals surface area contributed by atoms with Crippen molar-refractivity contribution in [2.24, 2.45) is 0 Å². The van der Waals surface area contributed by atoms with Gasteiger partial charge in [0, 0.05) is 24.5 Å². The molecule has 5 heteroatoms. The molecule has 1 N–H and O–H groups in total. The monoisotopic (exact) mass is 210 g/mol. The SMILES string of the molecule is CCN(CC(=O)O)c1ccnc(OC)c1. The van der Waals surface area contributed by atoms with Gasteiger partial charge in [-0.2, -0.15) is 0 Å². The van der Waals surface area contributed by atoms with Gasteiger partial charge in [-0.05, 0) is 13.0 Å². The van der Waals surface area contributed by atoms with Crippen molar-refractivity contribution in [1.82, 2.24) is 4.98 Å². The molecule has 0 radical (unpaired) electrons. The maximum absolute atomic E-state index is 10.6. The Bertz CT molecular complexity index is 341. The predicted octanol–water partition coefficient (Wildman–Crippen LogP) is 1.00. The smallest absolute Gasteiger partial charge is 0.323 e. The molecule has 0 aliphatic rings. The van der Waals surface area contributed by atoms with E-state index in [1.807, 2.05) is 6.92 Å². The first-order chi connectivity index (χ1) is 7.17. The highest BCUT2D eigenvalue weighted by molar-refractivity contribution is 5.73. The maximum Gasteiger partial charge on any atom is 0.323 e. The Labute approximate surface area is 88.3 Å². The first kappa shape index (κ1) is 11.3. The number of nitrogens with zero attached hydrogens (tertiary/aromatic N) is 2. The average Bonchev–Trinajstić information content (AvgIpc) is 2.25. The van der Waals surface area contributed by atoms with E-state index in [0.717, 1.165) is 5.69 Å². The summed E-state index contributed by atoms with van der Waals surface area (Å²) in [5.74, 6) is -0.371. The molecule has 15 heavy (non-hydrogen) atoms. The second-order valence-electron chi connectivity index (χ2n) is 2.96. The van der Waals surface area contributed by atoms with Crippen molar-refractivity contribution in [2.45, 2.75) is 6.92 Å². The largest absolute Gasteiger partial charge is 0.481 e. The first-order valence-electron chi connectivity index (χ1n) is 4.64. The molecule has 0 aliphatic carbocycles. The van der Waals surface area contributed by atoms with Crippen LogP contribution >= 0.6 is 0 Å². The van der Waals surface area contributed by atoms with Crippen LogP contribution < -0.4 is 9.64 Å². The summed E-state index contributed by atoms with van der Waals surface area (Å²) in [5, 5.41) is 8.71. The number of likely N-dealkylation sites (N-methyl/N-ethyl adjacent to an activating group) is 1. The third-order valence-corrected chi connectivity index (χ3v) is 2.00. The van der Waals surface area contributed by atoms with Crippen LogP contribution in [0.5, 0.6) is 5.88 Å². The minimum Gasteiger partial charge on any atom is -0.481 e. The zero-order chi connectivity index (χ0) is 11.3. The number of aromatic nitrogens is 1. The predicted molar refractivity (Wildman–Crippen MR) is 56.3 cm³/mol. The topological polar surface area (TPSA) is 62.7 Å². The molecule has 0 atom stereocenters. The van der Waals surface area contributed by atoms with E-state index in [2.05, 4.69) is 4.98 Å². The van der Waals surface area contributed by atoms with Crippen LogP contribution in [0.1, 0.15) is 6.92 Å². The lowest BCUT2D eigenvalue weighted by Crippen LogP contribution is -2.29. The molecular weight excluding hydrogens is 196 g/mol. The summed E-state index contributed by atoms with van der Waals surface area (Å²) >= 11 is 0. The standard InChI is InChI=1S/C10H14N2O3/c1-3-12(7-10(13)14)8-4-5-11-9(6-8)15-2/h4-6H,3,7H2,1-2H3,(H,13,14). The summed E-state index contributed by atoms with van der Waals surface area (Å²) in [7, 11) is 1.53. The van der Waals surface area contributed by atoms with Crippen LogP contribution in [0.25, 0.3) is 0 Å². The number of carboxylic acids is 1. The molecule has 1 heterocycles. The van der Waals surface area contributed by atoms with Gasteiger partial charge in [-0.15, -0.1) is 0 Å². The van der Waals surface area contributed by atoms with Gasteiger partial charge in [-0.3, -0.25) is 4.79 Å². The van der Waals surface area contributed by atoms with Crippen molar-refractivity contribution in [1.29, 1.82) is 0 Å². The Morgan fingerprint density at radius 3 is 2.93 bits per heavy atom. The quantitative estimate of drug-likeness (QED) is 0.785. The van der Waals surface area contributed by atoms with E-state index >= 15 is 0 Å². The average molecular weight is 210 g/mol. The summed E-state index contributed by atoms with van der Waals surface area (Å²) in [4.78, 5) is 16.3. The molecule has 1 aromatic heterocycles. The van der Waals surface area contributed by atoms with Crippen molar-refractivity contribution in [3.63, 3.8) is 0 Å². The Kier molecular flexibility index (Phi) is 3.91. The van der Waals surface area contributed by atoms with Crippen LogP contribution in [-0.2, 0) is 4.79 Å². The van der Waals surface area contributed by atoms with Gasteiger partial charge in [0.15, 0.2) is 0 Å². The molecule has 0 fully saturated rings. The highest BCUT2D eigenvalue weighted by Crippen LogP contribution is 2.17. The Balaban J connectivity index is 2.85. The van der Waals surface area contributed by atoms with Crippen LogP contribution in [0.4, 0.5) is 5.69 Å². The minimum atomic E-state index is -0.854. The van der Waals surface area contributed by atoms with Gasteiger partial charge in [0.2, 0.25) is 5.88 Å². The number of pyridine rings is 1. The van der Waals surface area contributed by atoms with E-state index in [-0.39, 0.29) is 6.54 Å². The molecule has 0 aromatic carbocycles. The normalized spacial score (nSPS) is 9.73. The van der Waals surface area contributed by atoms with Gasteiger partial charge in [0.1, 0.15) is 6.54 Å². The van der Waals surface area contributed by atoms with Crippen molar-refractivity contribution >= 4 is 11.7 Å². The fourth-order valence-corrected chi connectivity index (χ4v) is 1.26. The molecular formula is C10H14N2O3. The van der Waals surface area contributed by atoms with E-state index in [0.29, 0.717) is 12.4 Å². The lowest BCUT2D eigenvalue weighted by molar-refractivity contribution is -0.135. The number of rotatable bonds is 5. The Morgan fingerprint density at radius 2 is 2.40 bits per heavy atom. The van der Waals surface area contributed by atoms with E-state index in [1.54, 1.807) is 23.2 Å². The summed E-state index contributed by atoms with van der Waals surface area (Å²) in [6, 6.07) is 3.47. The zero-order valence-corrected chi connectivity index (χ0v) is 8.80. The molecule has 0 amide bonds. The summed E-state index contributed by atoms with van der Waals surface area (Å²) in [5.41, 5.74) is 0.798. The summed E-state index contributed by atoms with van der Waals surface area (Å²) in [6.07, 6.45) is 1.60. The molecule has 0 unspecified atom stereocenters. The lowest BCUT2D eigenvalue weighted by atomic mass is 10.3. The summed E-state index contributed by atoms with van der Waals surface area (Å²) < 4.78 is 4.97. The number of aliphatic carboxylic acids is 1. The molecule has 0 saturated carbocycles. The number of anilines is 1. The highest BCUT2D eigenvalue weighted by Gasteiger charge is 2.09. The van der Waals surface area contributed by atoms with Crippen LogP contribution in [-0.4, -0.2) is 36.3 Å². The zero-order valence-electron chi connectivity index (χ0n) is 8.80. The molecule has 0 spiro atoms. The summed E-state index contributed by atoms with van der Waals surface area (Å²) in [6.45, 7) is 2.50. The third kappa shape index (κ3) is 3.12. The van der Waals surface area contributed by atoms with Crippen LogP contribution in [0.15, 0.2) is 18.3 Å². The molecule has 82 valence electrons.